The smallest absolute Gasteiger partial charge is 0.341 e. The van der Waals surface area contributed by atoms with E-state index in [1.54, 1.807) is 31.4 Å². The predicted octanol–water partition coefficient (Wildman–Crippen LogP) is 1.90. The van der Waals surface area contributed by atoms with Gasteiger partial charge in [0.1, 0.15) is 5.82 Å². The van der Waals surface area contributed by atoms with Crippen molar-refractivity contribution in [1.82, 2.24) is 20.5 Å². The molecular weight excluding hydrogens is 380 g/mol. The number of nitrogens with one attached hydrogen (secondary N) is 2. The molecule has 1 amide bonds. The van der Waals surface area contributed by atoms with Crippen LogP contribution in [0, 0.1) is 0 Å². The largest absolute Gasteiger partial charge is 0.490 e. The van der Waals surface area contributed by atoms with Crippen molar-refractivity contribution in [2.24, 2.45) is 0 Å². The fraction of sp³-hybridized carbons (Fsp3) is 0.263. The first-order chi connectivity index (χ1) is 14.1. The molecule has 0 radical (unpaired) electrons. The quantitative estimate of drug-likeness (QED) is 0.469. The first kappa shape index (κ1) is 19.9. The second kappa shape index (κ2) is 9.40. The van der Waals surface area contributed by atoms with Crippen molar-refractivity contribution in [3.8, 4) is 23.1 Å². The van der Waals surface area contributed by atoms with Gasteiger partial charge in [0.2, 0.25) is 5.82 Å². The molecule has 0 bridgehead atoms. The van der Waals surface area contributed by atoms with E-state index in [4.69, 9.17) is 19.0 Å². The number of rotatable bonds is 10. The van der Waals surface area contributed by atoms with E-state index in [0.717, 1.165) is 0 Å². The topological polar surface area (TPSA) is 140 Å². The highest BCUT2D eigenvalue weighted by atomic mass is 16.5. The number of carboxylic acids is 1. The fourth-order valence-electron chi connectivity index (χ4n) is 2.50. The molecular formula is C19H20N4O6. The Morgan fingerprint density at radius 3 is 2.83 bits per heavy atom. The zero-order chi connectivity index (χ0) is 20.6. The Bertz CT molecular complexity index is 967. The van der Waals surface area contributed by atoms with Gasteiger partial charge in [0.15, 0.2) is 23.9 Å². The van der Waals surface area contributed by atoms with Gasteiger partial charge >= 0.3 is 5.97 Å². The van der Waals surface area contributed by atoms with Crippen LogP contribution in [0.3, 0.4) is 0 Å². The molecule has 0 aliphatic heterocycles. The molecule has 10 nitrogen and oxygen atoms in total. The maximum absolute atomic E-state index is 12.4. The van der Waals surface area contributed by atoms with Crippen molar-refractivity contribution in [2.75, 3.05) is 19.8 Å². The molecule has 1 aromatic carbocycles. The average Bonchev–Trinajstić information content (AvgIpc) is 3.38. The van der Waals surface area contributed by atoms with E-state index in [0.29, 0.717) is 48.3 Å². The van der Waals surface area contributed by atoms with Crippen LogP contribution >= 0.6 is 0 Å². The van der Waals surface area contributed by atoms with Crippen LogP contribution in [0.25, 0.3) is 11.6 Å². The number of H-pyrrole nitrogens is 1. The van der Waals surface area contributed by atoms with Crippen LogP contribution in [0.15, 0.2) is 41.0 Å². The SMILES string of the molecule is CCOc1cc(C(=O)NCCc2nc(-c3ccco3)n[nH]2)ccc1OCC(=O)O. The zero-order valence-corrected chi connectivity index (χ0v) is 15.7. The molecule has 10 heteroatoms. The molecule has 3 N–H and O–H groups in total. The number of hydrogen-bond acceptors (Lipinski definition) is 7. The molecule has 0 fully saturated rings. The van der Waals surface area contributed by atoms with Crippen LogP contribution in [0.1, 0.15) is 23.1 Å². The highest BCUT2D eigenvalue weighted by Crippen LogP contribution is 2.28. The average molecular weight is 400 g/mol. The lowest BCUT2D eigenvalue weighted by Gasteiger charge is -2.12. The number of furan rings is 1. The number of nitrogens with zero attached hydrogens (tertiary/aromatic N) is 2. The van der Waals surface area contributed by atoms with Crippen molar-refractivity contribution in [2.45, 2.75) is 13.3 Å². The standard InChI is InChI=1S/C19H20N4O6/c1-2-27-15-10-12(5-6-13(15)29-11-17(24)25)19(26)20-8-7-16-21-18(23-22-16)14-4-3-9-28-14/h3-6,9-10H,2,7-8,11H2,1H3,(H,20,26)(H,24,25)(H,21,22,23). The summed E-state index contributed by atoms with van der Waals surface area (Å²) in [6.45, 7) is 1.97. The van der Waals surface area contributed by atoms with E-state index in [1.807, 2.05) is 0 Å². The fourth-order valence-corrected chi connectivity index (χ4v) is 2.50. The molecule has 0 aliphatic rings. The van der Waals surface area contributed by atoms with Crippen molar-refractivity contribution >= 4 is 11.9 Å². The summed E-state index contributed by atoms with van der Waals surface area (Å²) in [4.78, 5) is 27.4. The van der Waals surface area contributed by atoms with Gasteiger partial charge in [-0.2, -0.15) is 5.10 Å². The summed E-state index contributed by atoms with van der Waals surface area (Å²) in [5.41, 5.74) is 0.366. The Morgan fingerprint density at radius 2 is 2.10 bits per heavy atom. The van der Waals surface area contributed by atoms with Gasteiger partial charge in [-0.25, -0.2) is 9.78 Å². The van der Waals surface area contributed by atoms with Crippen molar-refractivity contribution in [3.63, 3.8) is 0 Å². The monoisotopic (exact) mass is 400 g/mol. The molecule has 0 saturated carbocycles. The summed E-state index contributed by atoms with van der Waals surface area (Å²) >= 11 is 0. The summed E-state index contributed by atoms with van der Waals surface area (Å²) < 4.78 is 15.9. The number of ether oxygens (including phenoxy) is 2. The minimum absolute atomic E-state index is 0.262. The van der Waals surface area contributed by atoms with E-state index < -0.39 is 12.6 Å². The maximum Gasteiger partial charge on any atom is 0.341 e. The van der Waals surface area contributed by atoms with Gasteiger partial charge in [0.25, 0.3) is 5.91 Å². The van der Waals surface area contributed by atoms with Crippen LogP contribution in [-0.4, -0.2) is 51.9 Å². The summed E-state index contributed by atoms with van der Waals surface area (Å²) in [6.07, 6.45) is 2.00. The lowest BCUT2D eigenvalue weighted by molar-refractivity contribution is -0.139. The number of carboxylic acid groups (broad SMARTS) is 1. The van der Waals surface area contributed by atoms with Crippen LogP contribution in [-0.2, 0) is 11.2 Å². The normalized spacial score (nSPS) is 10.5. The number of aromatic amines is 1. The van der Waals surface area contributed by atoms with E-state index >= 15 is 0 Å². The number of carbonyl (C=O) groups excluding carboxylic acids is 1. The second-order valence-electron chi connectivity index (χ2n) is 5.87. The number of aliphatic carboxylic acids is 1. The van der Waals surface area contributed by atoms with Crippen LogP contribution in [0.4, 0.5) is 0 Å². The molecule has 0 saturated heterocycles. The summed E-state index contributed by atoms with van der Waals surface area (Å²) in [5, 5.41) is 18.4. The predicted molar refractivity (Wildman–Crippen MR) is 101 cm³/mol. The number of carbonyl (C=O) groups is 2. The van der Waals surface area contributed by atoms with Crippen molar-refractivity contribution in [1.29, 1.82) is 0 Å². The summed E-state index contributed by atoms with van der Waals surface area (Å²) in [5.74, 6) is 0.792. The van der Waals surface area contributed by atoms with Gasteiger partial charge in [-0.15, -0.1) is 0 Å². The molecule has 2 heterocycles. The zero-order valence-electron chi connectivity index (χ0n) is 15.7. The van der Waals surface area contributed by atoms with Gasteiger partial charge in [-0.05, 0) is 37.3 Å². The highest BCUT2D eigenvalue weighted by molar-refractivity contribution is 5.94. The first-order valence-corrected chi connectivity index (χ1v) is 8.91. The third kappa shape index (κ3) is 5.34. The number of aromatic nitrogens is 3. The third-order valence-corrected chi connectivity index (χ3v) is 3.78. The number of hydrogen-bond donors (Lipinski definition) is 3. The van der Waals surface area contributed by atoms with Gasteiger partial charge < -0.3 is 24.3 Å². The van der Waals surface area contributed by atoms with Crippen molar-refractivity contribution in [3.05, 3.63) is 48.0 Å². The van der Waals surface area contributed by atoms with E-state index in [2.05, 4.69) is 20.5 Å². The lowest BCUT2D eigenvalue weighted by Crippen LogP contribution is -2.26. The Hall–Kier alpha value is -3.82. The Morgan fingerprint density at radius 1 is 1.24 bits per heavy atom. The second-order valence-corrected chi connectivity index (χ2v) is 5.87. The van der Waals surface area contributed by atoms with Gasteiger partial charge in [-0.3, -0.25) is 9.89 Å². The van der Waals surface area contributed by atoms with E-state index in [1.165, 1.54) is 12.1 Å². The van der Waals surface area contributed by atoms with Crippen LogP contribution in [0.2, 0.25) is 0 Å². The van der Waals surface area contributed by atoms with Crippen LogP contribution < -0.4 is 14.8 Å². The van der Waals surface area contributed by atoms with Gasteiger partial charge in [0, 0.05) is 18.5 Å². The number of amides is 1. The Kier molecular flexibility index (Phi) is 6.46. The molecule has 29 heavy (non-hydrogen) atoms. The minimum atomic E-state index is -1.10. The molecule has 152 valence electrons. The summed E-state index contributed by atoms with van der Waals surface area (Å²) in [7, 11) is 0. The molecule has 0 spiro atoms. The molecule has 2 aromatic heterocycles. The Labute approximate surface area is 165 Å². The first-order valence-electron chi connectivity index (χ1n) is 8.91. The molecule has 3 aromatic rings. The van der Waals surface area contributed by atoms with Crippen LogP contribution in [0.5, 0.6) is 11.5 Å². The minimum Gasteiger partial charge on any atom is -0.490 e. The Balaban J connectivity index is 1.57. The van der Waals surface area contributed by atoms with E-state index in [9.17, 15) is 9.59 Å². The van der Waals surface area contributed by atoms with E-state index in [-0.39, 0.29) is 11.7 Å². The highest BCUT2D eigenvalue weighted by Gasteiger charge is 2.13. The molecule has 0 atom stereocenters. The maximum atomic E-state index is 12.4. The van der Waals surface area contributed by atoms with Gasteiger partial charge in [0.05, 0.1) is 12.9 Å². The lowest BCUT2D eigenvalue weighted by atomic mass is 10.2. The van der Waals surface area contributed by atoms with Gasteiger partial charge in [-0.1, -0.05) is 0 Å². The number of benzene rings is 1. The van der Waals surface area contributed by atoms with Crippen molar-refractivity contribution < 1.29 is 28.6 Å². The summed E-state index contributed by atoms with van der Waals surface area (Å²) in [6, 6.07) is 8.07. The third-order valence-electron chi connectivity index (χ3n) is 3.78. The molecule has 0 aliphatic carbocycles. The molecule has 3 rings (SSSR count). The molecule has 0 unspecified atom stereocenters.